The molecule has 1 aromatic heterocycles. The van der Waals surface area contributed by atoms with Crippen LogP contribution in [0.1, 0.15) is 31.2 Å². The second-order valence-corrected chi connectivity index (χ2v) is 7.54. The van der Waals surface area contributed by atoms with Gasteiger partial charge in [-0.1, -0.05) is 6.92 Å². The van der Waals surface area contributed by atoms with E-state index in [1.165, 1.54) is 0 Å². The van der Waals surface area contributed by atoms with Crippen LogP contribution in [-0.4, -0.2) is 47.3 Å². The standard InChI is InChI=1S/C14H20BrN3O2S/c1-3-9(16)12(10-5-6-11(15)21-10)18-8-7-17(4-2)13(19)14(18)20/h5-6,9,12H,3-4,7-8,16H2,1-2H3. The first-order chi connectivity index (χ1) is 9.99. The minimum atomic E-state index is -0.443. The normalized spacial score (nSPS) is 19.0. The van der Waals surface area contributed by atoms with E-state index in [0.717, 1.165) is 15.1 Å². The molecule has 21 heavy (non-hydrogen) atoms. The quantitative estimate of drug-likeness (QED) is 0.802. The third-order valence-corrected chi connectivity index (χ3v) is 5.52. The molecule has 2 heterocycles. The van der Waals surface area contributed by atoms with Crippen molar-refractivity contribution in [3.8, 4) is 0 Å². The lowest BCUT2D eigenvalue weighted by Gasteiger charge is -2.39. The Hall–Kier alpha value is -0.920. The van der Waals surface area contributed by atoms with E-state index in [2.05, 4.69) is 15.9 Å². The van der Waals surface area contributed by atoms with E-state index >= 15 is 0 Å². The molecule has 0 aromatic carbocycles. The SMILES string of the molecule is CCC(N)C(c1ccc(Br)s1)N1CCN(CC)C(=O)C1=O. The molecule has 2 unspecified atom stereocenters. The first-order valence-corrected chi connectivity index (χ1v) is 8.71. The Labute approximate surface area is 137 Å². The van der Waals surface area contributed by atoms with Crippen molar-refractivity contribution in [1.29, 1.82) is 0 Å². The highest BCUT2D eigenvalue weighted by molar-refractivity contribution is 9.11. The molecule has 0 radical (unpaired) electrons. The molecule has 1 fully saturated rings. The molecule has 1 aliphatic heterocycles. The van der Waals surface area contributed by atoms with Crippen molar-refractivity contribution in [2.75, 3.05) is 19.6 Å². The van der Waals surface area contributed by atoms with Crippen molar-refractivity contribution in [3.05, 3.63) is 20.8 Å². The van der Waals surface area contributed by atoms with Gasteiger partial charge in [0.25, 0.3) is 0 Å². The predicted octanol–water partition coefficient (Wildman–Crippen LogP) is 1.98. The van der Waals surface area contributed by atoms with Crippen LogP contribution in [0.3, 0.4) is 0 Å². The van der Waals surface area contributed by atoms with Gasteiger partial charge in [-0.15, -0.1) is 11.3 Å². The summed E-state index contributed by atoms with van der Waals surface area (Å²) in [5.74, 6) is -0.866. The number of hydrogen-bond acceptors (Lipinski definition) is 4. The molecular weight excluding hydrogens is 354 g/mol. The van der Waals surface area contributed by atoms with E-state index in [4.69, 9.17) is 5.73 Å². The van der Waals surface area contributed by atoms with Gasteiger partial charge in [0.1, 0.15) is 0 Å². The number of likely N-dealkylation sites (N-methyl/N-ethyl adjacent to an activating group) is 1. The highest BCUT2D eigenvalue weighted by Crippen LogP contribution is 2.34. The average Bonchev–Trinajstić information content (AvgIpc) is 2.90. The summed E-state index contributed by atoms with van der Waals surface area (Å²) in [6.07, 6.45) is 0.746. The Balaban J connectivity index is 2.30. The van der Waals surface area contributed by atoms with Crippen LogP contribution in [0.5, 0.6) is 0 Å². The number of nitrogens with two attached hydrogens (primary N) is 1. The molecule has 116 valence electrons. The summed E-state index contributed by atoms with van der Waals surface area (Å²) in [5.41, 5.74) is 6.24. The lowest BCUT2D eigenvalue weighted by molar-refractivity contribution is -0.158. The molecule has 5 nitrogen and oxygen atoms in total. The number of thiophene rings is 1. The molecule has 2 rings (SSSR count). The number of amides is 2. The fourth-order valence-electron chi connectivity index (χ4n) is 2.56. The second kappa shape index (κ2) is 6.89. The van der Waals surface area contributed by atoms with Crippen LogP contribution in [0.25, 0.3) is 0 Å². The molecule has 1 aliphatic rings. The lowest BCUT2D eigenvalue weighted by Crippen LogP contribution is -2.57. The Morgan fingerprint density at radius 1 is 1.29 bits per heavy atom. The van der Waals surface area contributed by atoms with E-state index in [-0.39, 0.29) is 12.1 Å². The van der Waals surface area contributed by atoms with Gasteiger partial charge in [0, 0.05) is 30.6 Å². The maximum Gasteiger partial charge on any atom is 0.312 e. The maximum absolute atomic E-state index is 12.4. The van der Waals surface area contributed by atoms with Gasteiger partial charge in [-0.25, -0.2) is 0 Å². The minimum Gasteiger partial charge on any atom is -0.333 e. The number of piperazine rings is 1. The van der Waals surface area contributed by atoms with Crippen LogP contribution < -0.4 is 5.73 Å². The number of hydrogen-bond donors (Lipinski definition) is 1. The van der Waals surface area contributed by atoms with E-state index in [9.17, 15) is 9.59 Å². The zero-order valence-electron chi connectivity index (χ0n) is 12.2. The molecule has 0 bridgehead atoms. The van der Waals surface area contributed by atoms with Gasteiger partial charge in [-0.05, 0) is 41.4 Å². The highest BCUT2D eigenvalue weighted by Gasteiger charge is 2.38. The summed E-state index contributed by atoms with van der Waals surface area (Å²) in [4.78, 5) is 28.8. The monoisotopic (exact) mass is 373 g/mol. The van der Waals surface area contributed by atoms with Gasteiger partial charge in [-0.3, -0.25) is 9.59 Å². The molecule has 0 saturated carbocycles. The third kappa shape index (κ3) is 3.30. The van der Waals surface area contributed by atoms with E-state index < -0.39 is 11.8 Å². The number of carbonyl (C=O) groups excluding carboxylic acids is 2. The fraction of sp³-hybridized carbons (Fsp3) is 0.571. The van der Waals surface area contributed by atoms with Gasteiger partial charge >= 0.3 is 11.8 Å². The van der Waals surface area contributed by atoms with Crippen molar-refractivity contribution in [2.45, 2.75) is 32.4 Å². The summed E-state index contributed by atoms with van der Waals surface area (Å²) < 4.78 is 0.997. The lowest BCUT2D eigenvalue weighted by atomic mass is 10.0. The molecule has 0 aliphatic carbocycles. The predicted molar refractivity (Wildman–Crippen MR) is 87.0 cm³/mol. The van der Waals surface area contributed by atoms with Gasteiger partial charge in [0.15, 0.2) is 0 Å². The Kier molecular flexibility index (Phi) is 5.40. The van der Waals surface area contributed by atoms with Gasteiger partial charge in [0.2, 0.25) is 0 Å². The van der Waals surface area contributed by atoms with E-state index in [1.54, 1.807) is 21.1 Å². The molecule has 2 N–H and O–H groups in total. The summed E-state index contributed by atoms with van der Waals surface area (Å²) in [7, 11) is 0. The molecule has 2 amide bonds. The molecule has 1 aromatic rings. The van der Waals surface area contributed by atoms with Crippen LogP contribution in [0.15, 0.2) is 15.9 Å². The van der Waals surface area contributed by atoms with Crippen LogP contribution >= 0.6 is 27.3 Å². The number of nitrogens with zero attached hydrogens (tertiary/aromatic N) is 2. The fourth-order valence-corrected chi connectivity index (χ4v) is 4.18. The topological polar surface area (TPSA) is 66.6 Å². The van der Waals surface area contributed by atoms with Crippen molar-refractivity contribution in [1.82, 2.24) is 9.80 Å². The number of rotatable bonds is 5. The van der Waals surface area contributed by atoms with Crippen LogP contribution in [0, 0.1) is 0 Å². The van der Waals surface area contributed by atoms with Crippen LogP contribution in [0.2, 0.25) is 0 Å². The largest absolute Gasteiger partial charge is 0.333 e. The third-order valence-electron chi connectivity index (χ3n) is 3.82. The van der Waals surface area contributed by atoms with Crippen molar-refractivity contribution < 1.29 is 9.59 Å². The maximum atomic E-state index is 12.4. The zero-order valence-corrected chi connectivity index (χ0v) is 14.6. The van der Waals surface area contributed by atoms with Gasteiger partial charge in [-0.2, -0.15) is 0 Å². The Bertz CT molecular complexity index is 534. The van der Waals surface area contributed by atoms with E-state index in [1.807, 2.05) is 26.0 Å². The van der Waals surface area contributed by atoms with Crippen molar-refractivity contribution in [3.63, 3.8) is 0 Å². The Morgan fingerprint density at radius 2 is 2.00 bits per heavy atom. The van der Waals surface area contributed by atoms with Crippen LogP contribution in [-0.2, 0) is 9.59 Å². The summed E-state index contributed by atoms with van der Waals surface area (Å²) in [6.45, 7) is 5.54. The summed E-state index contributed by atoms with van der Waals surface area (Å²) >= 11 is 5.00. The molecule has 7 heteroatoms. The van der Waals surface area contributed by atoms with Crippen molar-refractivity contribution in [2.24, 2.45) is 5.73 Å². The smallest absolute Gasteiger partial charge is 0.312 e. The van der Waals surface area contributed by atoms with Crippen LogP contribution in [0.4, 0.5) is 0 Å². The molecule has 2 atom stereocenters. The Morgan fingerprint density at radius 3 is 2.52 bits per heavy atom. The van der Waals surface area contributed by atoms with Gasteiger partial charge in [0.05, 0.1) is 9.83 Å². The van der Waals surface area contributed by atoms with Gasteiger partial charge < -0.3 is 15.5 Å². The molecule has 1 saturated heterocycles. The number of halogens is 1. The van der Waals surface area contributed by atoms with E-state index in [0.29, 0.717) is 19.6 Å². The highest BCUT2D eigenvalue weighted by atomic mass is 79.9. The zero-order chi connectivity index (χ0) is 15.6. The summed E-state index contributed by atoms with van der Waals surface area (Å²) in [6, 6.07) is 3.50. The average molecular weight is 374 g/mol. The molecular formula is C14H20BrN3O2S. The first kappa shape index (κ1) is 16.5. The summed E-state index contributed by atoms with van der Waals surface area (Å²) in [5, 5.41) is 0. The minimum absolute atomic E-state index is 0.180. The molecule has 0 spiro atoms. The van der Waals surface area contributed by atoms with Crippen molar-refractivity contribution >= 4 is 39.1 Å². The number of carbonyl (C=O) groups is 2. The second-order valence-electron chi connectivity index (χ2n) is 5.04. The first-order valence-electron chi connectivity index (χ1n) is 7.10.